The number of amides is 1. The van der Waals surface area contributed by atoms with E-state index in [9.17, 15) is 4.79 Å². The normalized spacial score (nSPS) is 17.7. The summed E-state index contributed by atoms with van der Waals surface area (Å²) < 4.78 is 5.24. The van der Waals surface area contributed by atoms with Gasteiger partial charge in [-0.15, -0.1) is 0 Å². The van der Waals surface area contributed by atoms with Crippen LogP contribution in [0.3, 0.4) is 0 Å². The van der Waals surface area contributed by atoms with Gasteiger partial charge >= 0.3 is 0 Å². The summed E-state index contributed by atoms with van der Waals surface area (Å²) in [7, 11) is 1.54. The van der Waals surface area contributed by atoms with Gasteiger partial charge in [0.25, 0.3) is 5.91 Å². The predicted octanol–water partition coefficient (Wildman–Crippen LogP) is 2.90. The maximum Gasteiger partial charge on any atom is 0.259 e. The molecule has 1 saturated heterocycles. The molecule has 3 heterocycles. The monoisotopic (exact) mass is 410 g/mol. The number of pyridine rings is 1. The summed E-state index contributed by atoms with van der Waals surface area (Å²) in [6.45, 7) is 4.73. The number of nitrogens with zero attached hydrogens (tertiary/aromatic N) is 5. The van der Waals surface area contributed by atoms with Gasteiger partial charge in [0.1, 0.15) is 11.4 Å². The van der Waals surface area contributed by atoms with Crippen molar-refractivity contribution in [1.29, 1.82) is 0 Å². The number of aryl methyl sites for hydroxylation is 1. The van der Waals surface area contributed by atoms with Crippen LogP contribution in [0, 0.1) is 6.92 Å². The second-order valence-corrected chi connectivity index (χ2v) is 8.01. The average molecular weight is 411 g/mol. The standard InChI is InChI=1S/C22H30N6O2/c1-16-15-19(26-22(24-16)25-17-7-4-3-5-8-17)27-11-13-28(14-12-27)21(29)18-9-6-10-23-20(18)30-2/h6,9-10,15,17H,3-5,7-8,11-14H2,1-2H3,(H,24,25,26). The van der Waals surface area contributed by atoms with E-state index in [2.05, 4.69) is 20.2 Å². The van der Waals surface area contributed by atoms with Crippen LogP contribution >= 0.6 is 0 Å². The minimum atomic E-state index is -0.0434. The van der Waals surface area contributed by atoms with Crippen molar-refractivity contribution in [2.45, 2.75) is 45.1 Å². The first-order valence-corrected chi connectivity index (χ1v) is 10.8. The van der Waals surface area contributed by atoms with E-state index in [1.807, 2.05) is 17.9 Å². The third-order valence-corrected chi connectivity index (χ3v) is 5.86. The fraction of sp³-hybridized carbons (Fsp3) is 0.545. The molecule has 0 atom stereocenters. The minimum absolute atomic E-state index is 0.0434. The van der Waals surface area contributed by atoms with Gasteiger partial charge in [0.05, 0.1) is 7.11 Å². The van der Waals surface area contributed by atoms with E-state index in [4.69, 9.17) is 9.72 Å². The van der Waals surface area contributed by atoms with Gasteiger partial charge in [0, 0.05) is 50.2 Å². The Morgan fingerprint density at radius 1 is 1.13 bits per heavy atom. The first kappa shape index (κ1) is 20.4. The number of nitrogens with one attached hydrogen (secondary N) is 1. The first-order chi connectivity index (χ1) is 14.6. The number of hydrogen-bond acceptors (Lipinski definition) is 7. The molecule has 2 aromatic rings. The first-order valence-electron chi connectivity index (χ1n) is 10.8. The van der Waals surface area contributed by atoms with Crippen molar-refractivity contribution in [3.63, 3.8) is 0 Å². The van der Waals surface area contributed by atoms with E-state index in [1.54, 1.807) is 18.3 Å². The number of anilines is 2. The lowest BCUT2D eigenvalue weighted by molar-refractivity contribution is 0.0742. The van der Waals surface area contributed by atoms with E-state index in [0.29, 0.717) is 30.6 Å². The third kappa shape index (κ3) is 4.63. The topological polar surface area (TPSA) is 83.5 Å². The molecule has 0 bridgehead atoms. The van der Waals surface area contributed by atoms with Gasteiger partial charge in [-0.2, -0.15) is 4.98 Å². The van der Waals surface area contributed by atoms with Gasteiger partial charge in [-0.1, -0.05) is 19.3 Å². The summed E-state index contributed by atoms with van der Waals surface area (Å²) >= 11 is 0. The second kappa shape index (κ2) is 9.28. The molecule has 0 spiro atoms. The minimum Gasteiger partial charge on any atom is -0.480 e. The molecule has 2 fully saturated rings. The van der Waals surface area contributed by atoms with Crippen molar-refractivity contribution in [1.82, 2.24) is 19.9 Å². The van der Waals surface area contributed by atoms with E-state index in [1.165, 1.54) is 39.2 Å². The van der Waals surface area contributed by atoms with Crippen molar-refractivity contribution in [3.05, 3.63) is 35.7 Å². The summed E-state index contributed by atoms with van der Waals surface area (Å²) in [5.74, 6) is 1.97. The maximum absolute atomic E-state index is 12.9. The van der Waals surface area contributed by atoms with Crippen LogP contribution in [0.1, 0.15) is 48.2 Å². The van der Waals surface area contributed by atoms with Crippen molar-refractivity contribution >= 4 is 17.7 Å². The number of aromatic nitrogens is 3. The van der Waals surface area contributed by atoms with Gasteiger partial charge in [-0.3, -0.25) is 4.79 Å². The van der Waals surface area contributed by atoms with Crippen LogP contribution < -0.4 is 15.0 Å². The summed E-state index contributed by atoms with van der Waals surface area (Å²) in [5, 5.41) is 3.53. The molecule has 0 unspecified atom stereocenters. The van der Waals surface area contributed by atoms with Gasteiger partial charge in [0.2, 0.25) is 11.8 Å². The van der Waals surface area contributed by atoms with Crippen LogP contribution in [0.4, 0.5) is 11.8 Å². The van der Waals surface area contributed by atoms with Gasteiger partial charge in [-0.05, 0) is 31.9 Å². The molecule has 30 heavy (non-hydrogen) atoms. The number of carbonyl (C=O) groups is 1. The van der Waals surface area contributed by atoms with E-state index >= 15 is 0 Å². The molecule has 0 radical (unpaired) electrons. The molecular weight excluding hydrogens is 380 g/mol. The van der Waals surface area contributed by atoms with E-state index < -0.39 is 0 Å². The van der Waals surface area contributed by atoms with E-state index in [0.717, 1.165) is 30.5 Å². The Morgan fingerprint density at radius 2 is 1.90 bits per heavy atom. The highest BCUT2D eigenvalue weighted by molar-refractivity contribution is 5.96. The molecule has 8 heteroatoms. The fourth-order valence-electron chi connectivity index (χ4n) is 4.23. The zero-order chi connectivity index (χ0) is 20.9. The molecule has 2 aliphatic rings. The molecule has 2 aromatic heterocycles. The predicted molar refractivity (Wildman–Crippen MR) is 116 cm³/mol. The Morgan fingerprint density at radius 3 is 2.63 bits per heavy atom. The molecule has 1 saturated carbocycles. The Bertz CT molecular complexity index is 876. The highest BCUT2D eigenvalue weighted by atomic mass is 16.5. The smallest absolute Gasteiger partial charge is 0.259 e. The Hall–Kier alpha value is -2.90. The second-order valence-electron chi connectivity index (χ2n) is 8.01. The van der Waals surface area contributed by atoms with Gasteiger partial charge in [0.15, 0.2) is 0 Å². The van der Waals surface area contributed by atoms with Crippen molar-refractivity contribution in [3.8, 4) is 5.88 Å². The largest absolute Gasteiger partial charge is 0.480 e. The molecule has 1 N–H and O–H groups in total. The number of methoxy groups -OCH3 is 1. The maximum atomic E-state index is 12.9. The third-order valence-electron chi connectivity index (χ3n) is 5.86. The zero-order valence-corrected chi connectivity index (χ0v) is 17.8. The number of piperazine rings is 1. The summed E-state index contributed by atoms with van der Waals surface area (Å²) in [5.41, 5.74) is 1.46. The molecule has 160 valence electrons. The molecular formula is C22H30N6O2. The van der Waals surface area contributed by atoms with Crippen LogP contribution in [-0.4, -0.2) is 65.1 Å². The summed E-state index contributed by atoms with van der Waals surface area (Å²) in [4.78, 5) is 30.5. The quantitative estimate of drug-likeness (QED) is 0.811. The molecule has 1 amide bonds. The van der Waals surface area contributed by atoms with Crippen LogP contribution in [0.5, 0.6) is 5.88 Å². The molecule has 1 aliphatic carbocycles. The highest BCUT2D eigenvalue weighted by Gasteiger charge is 2.26. The van der Waals surface area contributed by atoms with E-state index in [-0.39, 0.29) is 5.91 Å². The Kier molecular flexibility index (Phi) is 6.30. The SMILES string of the molecule is COc1ncccc1C(=O)N1CCN(c2cc(C)nc(NC3CCCCC3)n2)CC1. The molecule has 4 rings (SSSR count). The number of carbonyl (C=O) groups excluding carboxylic acids is 1. The van der Waals surface area contributed by atoms with Crippen LogP contribution in [0.15, 0.2) is 24.4 Å². The van der Waals surface area contributed by atoms with Crippen LogP contribution in [0.2, 0.25) is 0 Å². The number of rotatable bonds is 5. The Balaban J connectivity index is 1.40. The fourth-order valence-corrected chi connectivity index (χ4v) is 4.23. The summed E-state index contributed by atoms with van der Waals surface area (Å²) in [6, 6.07) is 6.01. The van der Waals surface area contributed by atoms with Crippen molar-refractivity contribution in [2.24, 2.45) is 0 Å². The zero-order valence-electron chi connectivity index (χ0n) is 17.8. The highest BCUT2D eigenvalue weighted by Crippen LogP contribution is 2.23. The van der Waals surface area contributed by atoms with Gasteiger partial charge in [-0.25, -0.2) is 9.97 Å². The Labute approximate surface area is 177 Å². The molecule has 1 aliphatic heterocycles. The number of ether oxygens (including phenoxy) is 1. The lowest BCUT2D eigenvalue weighted by Crippen LogP contribution is -2.49. The van der Waals surface area contributed by atoms with Gasteiger partial charge < -0.3 is 19.9 Å². The van der Waals surface area contributed by atoms with Crippen LogP contribution in [0.25, 0.3) is 0 Å². The van der Waals surface area contributed by atoms with Crippen molar-refractivity contribution < 1.29 is 9.53 Å². The number of hydrogen-bond donors (Lipinski definition) is 1. The lowest BCUT2D eigenvalue weighted by Gasteiger charge is -2.35. The lowest BCUT2D eigenvalue weighted by atomic mass is 9.96. The van der Waals surface area contributed by atoms with Crippen LogP contribution in [-0.2, 0) is 0 Å². The molecule has 0 aromatic carbocycles. The molecule has 8 nitrogen and oxygen atoms in total. The average Bonchev–Trinajstić information content (AvgIpc) is 2.79. The van der Waals surface area contributed by atoms with Crippen molar-refractivity contribution in [2.75, 3.05) is 43.5 Å². The summed E-state index contributed by atoms with van der Waals surface area (Å²) in [6.07, 6.45) is 7.87.